The number of carbonyl (C=O) groups excluding carboxylic acids is 2. The number of carbonyl (C=O) groups is 2. The molecule has 2 amide bonds. The highest BCUT2D eigenvalue weighted by Crippen LogP contribution is 2.26. The number of nitrogens with zero attached hydrogens (tertiary/aromatic N) is 1. The molecule has 0 heterocycles. The summed E-state index contributed by atoms with van der Waals surface area (Å²) in [5.74, 6) is 0.144. The summed E-state index contributed by atoms with van der Waals surface area (Å²) < 4.78 is 6.72. The van der Waals surface area contributed by atoms with Crippen molar-refractivity contribution in [2.75, 3.05) is 13.2 Å². The van der Waals surface area contributed by atoms with Gasteiger partial charge in [0.15, 0.2) is 6.61 Å². The van der Waals surface area contributed by atoms with E-state index in [0.29, 0.717) is 23.7 Å². The van der Waals surface area contributed by atoms with Gasteiger partial charge in [-0.05, 0) is 69.7 Å². The molecule has 0 saturated carbocycles. The molecule has 196 valence electrons. The van der Waals surface area contributed by atoms with Gasteiger partial charge in [0.2, 0.25) is 5.91 Å². The smallest absolute Gasteiger partial charge is 0.261 e. The lowest BCUT2D eigenvalue weighted by Gasteiger charge is -2.31. The molecule has 5 nitrogen and oxygen atoms in total. The molecule has 0 radical (unpaired) electrons. The van der Waals surface area contributed by atoms with Crippen molar-refractivity contribution in [3.8, 4) is 5.75 Å². The van der Waals surface area contributed by atoms with E-state index in [4.69, 9.17) is 16.3 Å². The van der Waals surface area contributed by atoms with Crippen LogP contribution in [0.5, 0.6) is 5.75 Å². The predicted molar refractivity (Wildman–Crippen MR) is 153 cm³/mol. The Balaban J connectivity index is 1.88. The van der Waals surface area contributed by atoms with Gasteiger partial charge in [0.05, 0.1) is 4.47 Å². The standard InChI is InChI=1S/C30H34BrClN2O3/c1-3-5-17-33-30(36)27(19-23-9-7-6-8-10-23)34(20-24-11-14-25(32)15-12-24)29(35)21-37-28-16-13-22(4-2)18-26(28)31/h6-16,18,27H,3-5,17,19-21H2,1-2H3,(H,33,36). The number of aryl methyl sites for hydroxylation is 1. The maximum absolute atomic E-state index is 13.7. The van der Waals surface area contributed by atoms with Gasteiger partial charge in [0, 0.05) is 24.5 Å². The predicted octanol–water partition coefficient (Wildman–Crippen LogP) is 6.60. The molecule has 1 atom stereocenters. The monoisotopic (exact) mass is 584 g/mol. The minimum Gasteiger partial charge on any atom is -0.483 e. The summed E-state index contributed by atoms with van der Waals surface area (Å²) in [6, 6.07) is 22.2. The van der Waals surface area contributed by atoms with E-state index in [-0.39, 0.29) is 25.0 Å². The van der Waals surface area contributed by atoms with E-state index < -0.39 is 6.04 Å². The first kappa shape index (κ1) is 28.7. The summed E-state index contributed by atoms with van der Waals surface area (Å²) >= 11 is 9.63. The van der Waals surface area contributed by atoms with E-state index in [9.17, 15) is 9.59 Å². The molecule has 37 heavy (non-hydrogen) atoms. The number of nitrogens with one attached hydrogen (secondary N) is 1. The maximum Gasteiger partial charge on any atom is 0.261 e. The second kappa shape index (κ2) is 14.8. The van der Waals surface area contributed by atoms with Crippen LogP contribution in [0.3, 0.4) is 0 Å². The number of halogens is 2. The van der Waals surface area contributed by atoms with Gasteiger partial charge in [-0.15, -0.1) is 0 Å². The quantitative estimate of drug-likeness (QED) is 0.230. The first-order valence-corrected chi connectivity index (χ1v) is 13.8. The minimum absolute atomic E-state index is 0.173. The zero-order valence-electron chi connectivity index (χ0n) is 21.4. The fourth-order valence-electron chi connectivity index (χ4n) is 3.95. The number of amides is 2. The third kappa shape index (κ3) is 8.90. The molecule has 0 saturated heterocycles. The molecule has 0 aliphatic carbocycles. The van der Waals surface area contributed by atoms with Crippen molar-refractivity contribution in [3.63, 3.8) is 0 Å². The fraction of sp³-hybridized carbons (Fsp3) is 0.333. The molecule has 0 fully saturated rings. The van der Waals surface area contributed by atoms with Gasteiger partial charge in [0.25, 0.3) is 5.91 Å². The second-order valence-electron chi connectivity index (χ2n) is 8.91. The SMILES string of the molecule is CCCCNC(=O)C(Cc1ccccc1)N(Cc1ccc(Cl)cc1)C(=O)COc1ccc(CC)cc1Br. The summed E-state index contributed by atoms with van der Waals surface area (Å²) in [5, 5.41) is 3.64. The van der Waals surface area contributed by atoms with Crippen LogP contribution < -0.4 is 10.1 Å². The van der Waals surface area contributed by atoms with Crippen LogP contribution in [0.1, 0.15) is 43.4 Å². The highest BCUT2D eigenvalue weighted by atomic mass is 79.9. The third-order valence-electron chi connectivity index (χ3n) is 6.12. The number of hydrogen-bond donors (Lipinski definition) is 1. The Morgan fingerprint density at radius 1 is 0.973 bits per heavy atom. The third-order valence-corrected chi connectivity index (χ3v) is 6.99. The van der Waals surface area contributed by atoms with Crippen molar-refractivity contribution in [3.05, 3.63) is 99.0 Å². The van der Waals surface area contributed by atoms with Crippen molar-refractivity contribution >= 4 is 39.3 Å². The Kier molecular flexibility index (Phi) is 11.5. The Bertz CT molecular complexity index is 1160. The van der Waals surface area contributed by atoms with Crippen LogP contribution in [0.25, 0.3) is 0 Å². The highest BCUT2D eigenvalue weighted by molar-refractivity contribution is 9.10. The molecule has 7 heteroatoms. The van der Waals surface area contributed by atoms with Crippen LogP contribution in [0.4, 0.5) is 0 Å². The van der Waals surface area contributed by atoms with Gasteiger partial charge in [-0.1, -0.05) is 80.4 Å². The van der Waals surface area contributed by atoms with Gasteiger partial charge in [-0.2, -0.15) is 0 Å². The normalized spacial score (nSPS) is 11.6. The molecule has 0 bridgehead atoms. The topological polar surface area (TPSA) is 58.6 Å². The van der Waals surface area contributed by atoms with Crippen molar-refractivity contribution in [2.24, 2.45) is 0 Å². The van der Waals surface area contributed by atoms with Crippen LogP contribution in [0.15, 0.2) is 77.3 Å². The number of rotatable bonds is 13. The van der Waals surface area contributed by atoms with E-state index >= 15 is 0 Å². The summed E-state index contributed by atoms with van der Waals surface area (Å²) in [6.45, 7) is 4.79. The van der Waals surface area contributed by atoms with E-state index in [1.165, 1.54) is 5.56 Å². The molecular formula is C30H34BrClN2O3. The average molecular weight is 586 g/mol. The van der Waals surface area contributed by atoms with Crippen LogP contribution in [0.2, 0.25) is 5.02 Å². The lowest BCUT2D eigenvalue weighted by Crippen LogP contribution is -2.51. The van der Waals surface area contributed by atoms with Crippen LogP contribution >= 0.6 is 27.5 Å². The Morgan fingerprint density at radius 3 is 2.32 bits per heavy atom. The number of ether oxygens (including phenoxy) is 1. The van der Waals surface area contributed by atoms with Crippen LogP contribution in [-0.4, -0.2) is 35.9 Å². The molecule has 0 aromatic heterocycles. The van der Waals surface area contributed by atoms with Gasteiger partial charge < -0.3 is 15.0 Å². The van der Waals surface area contributed by atoms with E-state index in [0.717, 1.165) is 34.9 Å². The zero-order chi connectivity index (χ0) is 26.6. The van der Waals surface area contributed by atoms with Crippen molar-refractivity contribution < 1.29 is 14.3 Å². The largest absolute Gasteiger partial charge is 0.483 e. The van der Waals surface area contributed by atoms with Crippen LogP contribution in [-0.2, 0) is 29.0 Å². The molecule has 3 aromatic carbocycles. The van der Waals surface area contributed by atoms with Crippen molar-refractivity contribution in [2.45, 2.75) is 52.1 Å². The molecule has 0 aliphatic heterocycles. The van der Waals surface area contributed by atoms with Crippen molar-refractivity contribution in [1.29, 1.82) is 0 Å². The molecule has 1 unspecified atom stereocenters. The van der Waals surface area contributed by atoms with Gasteiger partial charge in [0.1, 0.15) is 11.8 Å². The summed E-state index contributed by atoms with van der Waals surface area (Å²) in [6.07, 6.45) is 3.14. The van der Waals surface area contributed by atoms with Gasteiger partial charge in [-0.25, -0.2) is 0 Å². The summed E-state index contributed by atoms with van der Waals surface area (Å²) in [7, 11) is 0. The number of hydrogen-bond acceptors (Lipinski definition) is 3. The first-order chi connectivity index (χ1) is 17.9. The molecule has 0 aliphatic rings. The first-order valence-electron chi connectivity index (χ1n) is 12.7. The molecular weight excluding hydrogens is 552 g/mol. The van der Waals surface area contributed by atoms with Gasteiger partial charge >= 0.3 is 0 Å². The van der Waals surface area contributed by atoms with Crippen molar-refractivity contribution in [1.82, 2.24) is 10.2 Å². The average Bonchev–Trinajstić information content (AvgIpc) is 2.91. The molecule has 3 rings (SSSR count). The lowest BCUT2D eigenvalue weighted by molar-refractivity contribution is -0.142. The summed E-state index contributed by atoms with van der Waals surface area (Å²) in [5.41, 5.74) is 3.03. The maximum atomic E-state index is 13.7. The minimum atomic E-state index is -0.697. The second-order valence-corrected chi connectivity index (χ2v) is 10.2. The molecule has 1 N–H and O–H groups in total. The number of unbranched alkanes of at least 4 members (excludes halogenated alkanes) is 1. The van der Waals surface area contributed by atoms with Crippen LogP contribution in [0, 0.1) is 0 Å². The fourth-order valence-corrected chi connectivity index (χ4v) is 4.62. The highest BCUT2D eigenvalue weighted by Gasteiger charge is 2.30. The lowest BCUT2D eigenvalue weighted by atomic mass is 10.0. The molecule has 3 aromatic rings. The molecule has 0 spiro atoms. The van der Waals surface area contributed by atoms with E-state index in [2.05, 4.69) is 35.1 Å². The van der Waals surface area contributed by atoms with E-state index in [1.807, 2.05) is 60.7 Å². The van der Waals surface area contributed by atoms with E-state index in [1.54, 1.807) is 17.0 Å². The Morgan fingerprint density at radius 2 is 1.68 bits per heavy atom. The zero-order valence-corrected chi connectivity index (χ0v) is 23.7. The summed E-state index contributed by atoms with van der Waals surface area (Å²) in [4.78, 5) is 28.7. The Labute approximate surface area is 233 Å². The Hall–Kier alpha value is -2.83. The van der Waals surface area contributed by atoms with Gasteiger partial charge in [-0.3, -0.25) is 9.59 Å². The number of benzene rings is 3.